The smallest absolute Gasteiger partial charge is 0.266 e. The fraction of sp³-hybridized carbons (Fsp3) is 0.364. The Balaban J connectivity index is 1.85. The molecule has 2 aromatic heterocycles. The molecule has 1 aliphatic rings. The summed E-state index contributed by atoms with van der Waals surface area (Å²) in [6.07, 6.45) is 5.39. The zero-order valence-electron chi connectivity index (χ0n) is 9.17. The van der Waals surface area contributed by atoms with Gasteiger partial charge in [-0.15, -0.1) is 11.3 Å². The number of aromatic amines is 1. The summed E-state index contributed by atoms with van der Waals surface area (Å²) in [5.74, 6) is 0.0737. The second-order valence-corrected chi connectivity index (χ2v) is 4.92. The van der Waals surface area contributed by atoms with E-state index in [0.29, 0.717) is 4.88 Å². The molecule has 0 aliphatic carbocycles. The number of hydrogen-bond acceptors (Lipinski definition) is 4. The highest BCUT2D eigenvalue weighted by Crippen LogP contribution is 2.32. The average molecular weight is 248 g/mol. The van der Waals surface area contributed by atoms with Crippen LogP contribution in [-0.2, 0) is 0 Å². The molecule has 1 fully saturated rings. The van der Waals surface area contributed by atoms with E-state index < -0.39 is 0 Å². The molecule has 88 valence electrons. The fourth-order valence-corrected chi connectivity index (χ4v) is 2.82. The van der Waals surface area contributed by atoms with Crippen LogP contribution in [0.2, 0.25) is 0 Å². The van der Waals surface area contributed by atoms with Crippen molar-refractivity contribution >= 4 is 17.2 Å². The van der Waals surface area contributed by atoms with Crippen molar-refractivity contribution in [3.8, 4) is 0 Å². The van der Waals surface area contributed by atoms with Gasteiger partial charge in [-0.05, 0) is 18.9 Å². The van der Waals surface area contributed by atoms with E-state index in [0.717, 1.165) is 25.1 Å². The largest absolute Gasteiger partial charge is 0.329 e. The zero-order valence-corrected chi connectivity index (χ0v) is 9.98. The van der Waals surface area contributed by atoms with Crippen molar-refractivity contribution in [1.82, 2.24) is 20.1 Å². The number of amides is 1. The van der Waals surface area contributed by atoms with Crippen molar-refractivity contribution < 1.29 is 4.79 Å². The van der Waals surface area contributed by atoms with Crippen molar-refractivity contribution in [2.45, 2.75) is 18.9 Å². The zero-order chi connectivity index (χ0) is 11.7. The van der Waals surface area contributed by atoms with Crippen LogP contribution in [0.1, 0.15) is 34.2 Å². The molecule has 0 spiro atoms. The fourth-order valence-electron chi connectivity index (χ4n) is 2.25. The molecule has 1 saturated heterocycles. The molecular formula is C11H12N4OS. The van der Waals surface area contributed by atoms with Crippen LogP contribution in [-0.4, -0.2) is 32.5 Å². The molecular weight excluding hydrogens is 236 g/mol. The molecule has 1 atom stereocenters. The second-order valence-electron chi connectivity index (χ2n) is 4.03. The van der Waals surface area contributed by atoms with Crippen molar-refractivity contribution in [2.75, 3.05) is 6.54 Å². The first kappa shape index (κ1) is 10.5. The predicted octanol–water partition coefficient (Wildman–Crippen LogP) is 1.84. The van der Waals surface area contributed by atoms with Crippen molar-refractivity contribution in [1.29, 1.82) is 0 Å². The Hall–Kier alpha value is -1.69. The summed E-state index contributed by atoms with van der Waals surface area (Å²) in [7, 11) is 0. The highest BCUT2D eigenvalue weighted by Gasteiger charge is 2.31. The Bertz CT molecular complexity index is 494. The molecule has 0 saturated carbocycles. The van der Waals surface area contributed by atoms with Gasteiger partial charge in [0, 0.05) is 12.7 Å². The number of nitrogens with one attached hydrogen (secondary N) is 1. The first-order valence-corrected chi connectivity index (χ1v) is 6.43. The van der Waals surface area contributed by atoms with Crippen LogP contribution in [0.3, 0.4) is 0 Å². The van der Waals surface area contributed by atoms with Crippen LogP contribution in [0.25, 0.3) is 0 Å². The molecule has 1 aliphatic heterocycles. The van der Waals surface area contributed by atoms with Crippen LogP contribution in [0.15, 0.2) is 24.0 Å². The molecule has 17 heavy (non-hydrogen) atoms. The quantitative estimate of drug-likeness (QED) is 0.882. The monoisotopic (exact) mass is 248 g/mol. The van der Waals surface area contributed by atoms with Gasteiger partial charge in [-0.1, -0.05) is 0 Å². The average Bonchev–Trinajstić information content (AvgIpc) is 3.09. The van der Waals surface area contributed by atoms with Crippen LogP contribution in [0, 0.1) is 0 Å². The number of carbonyl (C=O) groups excluding carboxylic acids is 1. The van der Waals surface area contributed by atoms with Gasteiger partial charge in [0.1, 0.15) is 4.88 Å². The van der Waals surface area contributed by atoms with Crippen LogP contribution >= 0.6 is 11.3 Å². The van der Waals surface area contributed by atoms with E-state index in [1.54, 1.807) is 17.9 Å². The molecule has 3 heterocycles. The first-order chi connectivity index (χ1) is 8.36. The van der Waals surface area contributed by atoms with Crippen LogP contribution in [0.4, 0.5) is 0 Å². The van der Waals surface area contributed by atoms with Crippen molar-refractivity contribution in [3.05, 3.63) is 34.5 Å². The lowest BCUT2D eigenvalue weighted by Crippen LogP contribution is -2.30. The van der Waals surface area contributed by atoms with E-state index in [1.165, 1.54) is 11.3 Å². The molecule has 0 bridgehead atoms. The van der Waals surface area contributed by atoms with Crippen molar-refractivity contribution in [2.24, 2.45) is 0 Å². The van der Waals surface area contributed by atoms with Gasteiger partial charge in [0.25, 0.3) is 5.91 Å². The van der Waals surface area contributed by atoms with Gasteiger partial charge < -0.3 is 4.90 Å². The number of thiazole rings is 1. The number of rotatable bonds is 2. The number of likely N-dealkylation sites (tertiary alicyclic amines) is 1. The minimum Gasteiger partial charge on any atom is -0.329 e. The highest BCUT2D eigenvalue weighted by molar-refractivity contribution is 7.11. The Morgan fingerprint density at radius 1 is 1.59 bits per heavy atom. The lowest BCUT2D eigenvalue weighted by Gasteiger charge is -2.22. The van der Waals surface area contributed by atoms with Crippen molar-refractivity contribution in [3.63, 3.8) is 0 Å². The Kier molecular flexibility index (Phi) is 2.64. The summed E-state index contributed by atoms with van der Waals surface area (Å²) in [5.41, 5.74) is 2.70. The molecule has 3 rings (SSSR count). The maximum absolute atomic E-state index is 12.3. The molecule has 0 aromatic carbocycles. The molecule has 2 aromatic rings. The standard InChI is InChI=1S/C11H12N4OS/c16-11(10-6-12-7-17-10)15-5-1-2-9(15)8-3-4-13-14-8/h3-4,6-7,9H,1-2,5H2,(H,13,14)/t9-/m0/s1. The van der Waals surface area contributed by atoms with Gasteiger partial charge in [0.15, 0.2) is 0 Å². The van der Waals surface area contributed by atoms with E-state index >= 15 is 0 Å². The van der Waals surface area contributed by atoms with Gasteiger partial charge in [-0.25, -0.2) is 0 Å². The van der Waals surface area contributed by atoms with Crippen LogP contribution < -0.4 is 0 Å². The summed E-state index contributed by atoms with van der Waals surface area (Å²) in [4.78, 5) is 18.8. The third-order valence-electron chi connectivity index (χ3n) is 3.04. The van der Waals surface area contributed by atoms with E-state index in [2.05, 4.69) is 15.2 Å². The van der Waals surface area contributed by atoms with Gasteiger partial charge in [-0.3, -0.25) is 14.9 Å². The van der Waals surface area contributed by atoms with E-state index in [4.69, 9.17) is 0 Å². The summed E-state index contributed by atoms with van der Waals surface area (Å²) < 4.78 is 0. The maximum Gasteiger partial charge on any atom is 0.266 e. The number of H-pyrrole nitrogens is 1. The maximum atomic E-state index is 12.3. The minimum atomic E-state index is 0.0737. The Morgan fingerprint density at radius 3 is 3.24 bits per heavy atom. The topological polar surface area (TPSA) is 61.9 Å². The van der Waals surface area contributed by atoms with E-state index in [9.17, 15) is 4.79 Å². The summed E-state index contributed by atoms with van der Waals surface area (Å²) in [6, 6.07) is 2.07. The number of aromatic nitrogens is 3. The van der Waals surface area contributed by atoms with Crippen LogP contribution in [0.5, 0.6) is 0 Å². The first-order valence-electron chi connectivity index (χ1n) is 5.55. The van der Waals surface area contributed by atoms with E-state index in [-0.39, 0.29) is 11.9 Å². The molecule has 1 N–H and O–H groups in total. The SMILES string of the molecule is O=C(c1cncs1)N1CCC[C@H]1c1ccn[nH]1. The second kappa shape index (κ2) is 4.29. The summed E-state index contributed by atoms with van der Waals surface area (Å²) in [6.45, 7) is 0.806. The van der Waals surface area contributed by atoms with Gasteiger partial charge >= 0.3 is 0 Å². The molecule has 5 nitrogen and oxygen atoms in total. The van der Waals surface area contributed by atoms with Gasteiger partial charge in [0.2, 0.25) is 0 Å². The normalized spacial score (nSPS) is 19.8. The lowest BCUT2D eigenvalue weighted by molar-refractivity contribution is 0.0737. The highest BCUT2D eigenvalue weighted by atomic mass is 32.1. The van der Waals surface area contributed by atoms with Gasteiger partial charge in [0.05, 0.1) is 23.4 Å². The van der Waals surface area contributed by atoms with Gasteiger partial charge in [-0.2, -0.15) is 5.10 Å². The Labute approximate surface area is 102 Å². The molecule has 0 radical (unpaired) electrons. The number of nitrogens with zero attached hydrogens (tertiary/aromatic N) is 3. The third kappa shape index (κ3) is 1.84. The molecule has 0 unspecified atom stereocenters. The summed E-state index contributed by atoms with van der Waals surface area (Å²) in [5, 5.41) is 6.90. The number of hydrogen-bond donors (Lipinski definition) is 1. The molecule has 6 heteroatoms. The lowest BCUT2D eigenvalue weighted by atomic mass is 10.1. The van der Waals surface area contributed by atoms with E-state index in [1.807, 2.05) is 11.0 Å². The summed E-state index contributed by atoms with van der Waals surface area (Å²) >= 11 is 1.39. The number of carbonyl (C=O) groups is 1. The predicted molar refractivity (Wildman–Crippen MR) is 63.7 cm³/mol. The minimum absolute atomic E-state index is 0.0737. The third-order valence-corrected chi connectivity index (χ3v) is 3.80. The Morgan fingerprint density at radius 2 is 2.53 bits per heavy atom. The molecule has 1 amide bonds.